The fourth-order valence-electron chi connectivity index (χ4n) is 2.86. The Bertz CT molecular complexity index is 581. The molecule has 1 aliphatic rings. The number of carbonyl (C=O) groups excluding carboxylic acids is 1. The molecule has 0 unspecified atom stereocenters. The molecule has 1 fully saturated rings. The summed E-state index contributed by atoms with van der Waals surface area (Å²) in [6.45, 7) is 9.09. The highest BCUT2D eigenvalue weighted by atomic mass is 19.4. The van der Waals surface area contributed by atoms with Crippen LogP contribution in [0.2, 0.25) is 0 Å². The maximum Gasteiger partial charge on any atom is 0.416 e. The molecule has 1 aromatic rings. The number of amides is 1. The molecule has 0 bridgehead atoms. The van der Waals surface area contributed by atoms with E-state index in [-0.39, 0.29) is 11.9 Å². The largest absolute Gasteiger partial charge is 0.416 e. The van der Waals surface area contributed by atoms with Crippen molar-refractivity contribution in [2.24, 2.45) is 5.92 Å². The lowest BCUT2D eigenvalue weighted by molar-refractivity contribution is -0.137. The summed E-state index contributed by atoms with van der Waals surface area (Å²) >= 11 is 0. The third-order valence-corrected chi connectivity index (χ3v) is 4.46. The van der Waals surface area contributed by atoms with Crippen molar-refractivity contribution in [1.29, 1.82) is 0 Å². The van der Waals surface area contributed by atoms with Crippen LogP contribution in [-0.2, 0) is 11.0 Å². The quantitative estimate of drug-likeness (QED) is 0.880. The number of halogens is 3. The lowest BCUT2D eigenvalue weighted by Gasteiger charge is -2.38. The summed E-state index contributed by atoms with van der Waals surface area (Å²) in [6.07, 6.45) is -4.33. The molecule has 0 aromatic heterocycles. The standard InChI is InChI=1S/C18H26F3N3O/c1-13(2)12-22-17(25)14(3)23-7-9-24(10-8-23)16-6-4-5-15(11-16)18(19,20)21/h4-6,11,13-14H,7-10,12H2,1-3H3,(H,22,25)/t14-/m1/s1. The average molecular weight is 357 g/mol. The second-order valence-electron chi connectivity index (χ2n) is 6.89. The SMILES string of the molecule is CC(C)CNC(=O)[C@@H](C)N1CCN(c2cccc(C(F)(F)F)c2)CC1. The molecule has 0 aliphatic carbocycles. The molecule has 4 nitrogen and oxygen atoms in total. The van der Waals surface area contributed by atoms with Crippen molar-refractivity contribution in [3.05, 3.63) is 29.8 Å². The third-order valence-electron chi connectivity index (χ3n) is 4.46. The summed E-state index contributed by atoms with van der Waals surface area (Å²) in [5.74, 6) is 0.398. The number of nitrogens with zero attached hydrogens (tertiary/aromatic N) is 2. The van der Waals surface area contributed by atoms with E-state index in [2.05, 4.69) is 10.2 Å². The van der Waals surface area contributed by atoms with Crippen molar-refractivity contribution < 1.29 is 18.0 Å². The molecule has 7 heteroatoms. The van der Waals surface area contributed by atoms with Crippen LogP contribution in [0.25, 0.3) is 0 Å². The molecule has 1 amide bonds. The zero-order valence-corrected chi connectivity index (χ0v) is 14.9. The number of carbonyl (C=O) groups is 1. The van der Waals surface area contributed by atoms with E-state index in [1.807, 2.05) is 25.7 Å². The Hall–Kier alpha value is -1.76. The van der Waals surface area contributed by atoms with Crippen LogP contribution in [0, 0.1) is 5.92 Å². The van der Waals surface area contributed by atoms with Crippen molar-refractivity contribution >= 4 is 11.6 Å². The molecule has 0 radical (unpaired) electrons. The smallest absolute Gasteiger partial charge is 0.369 e. The van der Waals surface area contributed by atoms with Crippen LogP contribution in [0.3, 0.4) is 0 Å². The molecule has 1 saturated heterocycles. The Labute approximate surface area is 147 Å². The Kier molecular flexibility index (Phi) is 6.32. The number of nitrogens with one attached hydrogen (secondary N) is 1. The van der Waals surface area contributed by atoms with Crippen LogP contribution in [0.4, 0.5) is 18.9 Å². The Morgan fingerprint density at radius 2 is 1.80 bits per heavy atom. The molecule has 0 spiro atoms. The lowest BCUT2D eigenvalue weighted by atomic mass is 10.1. The van der Waals surface area contributed by atoms with Gasteiger partial charge >= 0.3 is 6.18 Å². The van der Waals surface area contributed by atoms with Crippen LogP contribution in [-0.4, -0.2) is 49.6 Å². The molecule has 2 rings (SSSR count). The zero-order chi connectivity index (χ0) is 18.6. The van der Waals surface area contributed by atoms with Crippen molar-refractivity contribution in [3.8, 4) is 0 Å². The monoisotopic (exact) mass is 357 g/mol. The highest BCUT2D eigenvalue weighted by Gasteiger charge is 2.31. The predicted octanol–water partition coefficient (Wildman–Crippen LogP) is 2.99. The first kappa shape index (κ1) is 19.6. The first-order chi connectivity index (χ1) is 11.7. The minimum absolute atomic E-state index is 0.00113. The van der Waals surface area contributed by atoms with E-state index < -0.39 is 11.7 Å². The first-order valence-electron chi connectivity index (χ1n) is 8.62. The van der Waals surface area contributed by atoms with Gasteiger partial charge in [0, 0.05) is 38.4 Å². The first-order valence-corrected chi connectivity index (χ1v) is 8.62. The fourth-order valence-corrected chi connectivity index (χ4v) is 2.86. The van der Waals surface area contributed by atoms with Gasteiger partial charge in [0.05, 0.1) is 11.6 Å². The van der Waals surface area contributed by atoms with E-state index in [0.29, 0.717) is 44.3 Å². The molecule has 0 saturated carbocycles. The summed E-state index contributed by atoms with van der Waals surface area (Å²) in [5.41, 5.74) is -0.0553. The van der Waals surface area contributed by atoms with Gasteiger partial charge in [-0.2, -0.15) is 13.2 Å². The van der Waals surface area contributed by atoms with Crippen LogP contribution < -0.4 is 10.2 Å². The summed E-state index contributed by atoms with van der Waals surface area (Å²) in [7, 11) is 0. The highest BCUT2D eigenvalue weighted by molar-refractivity contribution is 5.81. The van der Waals surface area contributed by atoms with E-state index in [1.54, 1.807) is 6.07 Å². The van der Waals surface area contributed by atoms with E-state index in [0.717, 1.165) is 6.07 Å². The van der Waals surface area contributed by atoms with Crippen LogP contribution in [0.5, 0.6) is 0 Å². The molecule has 140 valence electrons. The van der Waals surface area contributed by atoms with Gasteiger partial charge < -0.3 is 10.2 Å². The molecule has 1 aromatic carbocycles. The van der Waals surface area contributed by atoms with Gasteiger partial charge in [-0.05, 0) is 31.0 Å². The predicted molar refractivity (Wildman–Crippen MR) is 92.5 cm³/mol. The van der Waals surface area contributed by atoms with Crippen molar-refractivity contribution in [1.82, 2.24) is 10.2 Å². The molecular formula is C18H26F3N3O. The van der Waals surface area contributed by atoms with E-state index in [9.17, 15) is 18.0 Å². The number of hydrogen-bond acceptors (Lipinski definition) is 3. The van der Waals surface area contributed by atoms with Crippen LogP contribution >= 0.6 is 0 Å². The normalized spacial score (nSPS) is 17.6. The van der Waals surface area contributed by atoms with Crippen molar-refractivity contribution in [3.63, 3.8) is 0 Å². The number of benzene rings is 1. The van der Waals surface area contributed by atoms with E-state index in [4.69, 9.17) is 0 Å². The second kappa shape index (κ2) is 8.08. The second-order valence-corrected chi connectivity index (χ2v) is 6.89. The summed E-state index contributed by atoms with van der Waals surface area (Å²) in [5, 5.41) is 2.93. The topological polar surface area (TPSA) is 35.6 Å². The third kappa shape index (κ3) is 5.36. The van der Waals surface area contributed by atoms with Gasteiger partial charge in [-0.15, -0.1) is 0 Å². The van der Waals surface area contributed by atoms with Gasteiger partial charge in [0.1, 0.15) is 0 Å². The van der Waals surface area contributed by atoms with Gasteiger partial charge in [-0.1, -0.05) is 19.9 Å². The molecule has 1 atom stereocenters. The van der Waals surface area contributed by atoms with Crippen LogP contribution in [0.15, 0.2) is 24.3 Å². The van der Waals surface area contributed by atoms with Gasteiger partial charge in [0.15, 0.2) is 0 Å². The van der Waals surface area contributed by atoms with Gasteiger partial charge in [0.2, 0.25) is 5.91 Å². The summed E-state index contributed by atoms with van der Waals surface area (Å²) in [4.78, 5) is 16.2. The van der Waals surface area contributed by atoms with Crippen molar-refractivity contribution in [2.45, 2.75) is 33.0 Å². The maximum absolute atomic E-state index is 12.8. The number of anilines is 1. The van der Waals surface area contributed by atoms with Crippen molar-refractivity contribution in [2.75, 3.05) is 37.6 Å². The van der Waals surface area contributed by atoms with E-state index in [1.165, 1.54) is 12.1 Å². The number of alkyl halides is 3. The number of piperazine rings is 1. The average Bonchev–Trinajstić information content (AvgIpc) is 2.58. The summed E-state index contributed by atoms with van der Waals surface area (Å²) < 4.78 is 38.5. The Balaban J connectivity index is 1.92. The maximum atomic E-state index is 12.8. The number of rotatable bonds is 5. The Morgan fingerprint density at radius 3 is 2.36 bits per heavy atom. The lowest BCUT2D eigenvalue weighted by Crippen LogP contribution is -2.54. The Morgan fingerprint density at radius 1 is 1.16 bits per heavy atom. The van der Waals surface area contributed by atoms with E-state index >= 15 is 0 Å². The minimum atomic E-state index is -4.33. The molecule has 1 heterocycles. The minimum Gasteiger partial charge on any atom is -0.369 e. The van der Waals surface area contributed by atoms with Gasteiger partial charge in [-0.3, -0.25) is 9.69 Å². The summed E-state index contributed by atoms with van der Waals surface area (Å²) in [6, 6.07) is 5.17. The number of hydrogen-bond donors (Lipinski definition) is 1. The van der Waals surface area contributed by atoms with Gasteiger partial charge in [-0.25, -0.2) is 0 Å². The molecular weight excluding hydrogens is 331 g/mol. The highest BCUT2D eigenvalue weighted by Crippen LogP contribution is 2.31. The zero-order valence-electron chi connectivity index (χ0n) is 14.9. The van der Waals surface area contributed by atoms with Crippen LogP contribution in [0.1, 0.15) is 26.3 Å². The molecule has 1 N–H and O–H groups in total. The molecule has 1 aliphatic heterocycles. The van der Waals surface area contributed by atoms with Gasteiger partial charge in [0.25, 0.3) is 0 Å². The fraction of sp³-hybridized carbons (Fsp3) is 0.611. The molecule has 25 heavy (non-hydrogen) atoms.